The summed E-state index contributed by atoms with van der Waals surface area (Å²) >= 11 is 0. The van der Waals surface area contributed by atoms with Crippen LogP contribution in [0.15, 0.2) is 0 Å². The maximum atomic E-state index is 12.9. The Kier molecular flexibility index (Phi) is 14.2. The quantitative estimate of drug-likeness (QED) is 0.244. The predicted molar refractivity (Wildman–Crippen MR) is 150 cm³/mol. The first-order chi connectivity index (χ1) is 22.5. The molecule has 2 rings (SSSR count). The molecule has 0 spiro atoms. The summed E-state index contributed by atoms with van der Waals surface area (Å²) < 4.78 is 97.5. The Balaban J connectivity index is 0.000000500. The van der Waals surface area contributed by atoms with Gasteiger partial charge in [-0.2, -0.15) is 36.5 Å². The number of alkyl halides is 6. The molecule has 2 saturated heterocycles. The number of aliphatic carboxylic acids is 2. The van der Waals surface area contributed by atoms with Gasteiger partial charge in [0.1, 0.15) is 11.2 Å². The van der Waals surface area contributed by atoms with Crippen molar-refractivity contribution in [1.82, 2.24) is 10.1 Å². The third-order valence-electron chi connectivity index (χ3n) is 6.24. The summed E-state index contributed by atoms with van der Waals surface area (Å²) in [5.41, 5.74) is -7.24. The van der Waals surface area contributed by atoms with E-state index in [2.05, 4.69) is 0 Å². The van der Waals surface area contributed by atoms with E-state index in [1.807, 2.05) is 0 Å². The van der Waals surface area contributed by atoms with Gasteiger partial charge in [0.05, 0.1) is 12.8 Å². The molecule has 16 nitrogen and oxygen atoms in total. The molecule has 0 radical (unpaired) electrons. The van der Waals surface area contributed by atoms with Gasteiger partial charge >= 0.3 is 48.0 Å². The van der Waals surface area contributed by atoms with Crippen LogP contribution in [0.1, 0.15) is 81.1 Å². The SMILES string of the molecule is CCO[C@H]1C[C@](CC(=O)O)(C(=O)OC(C)(C)C)N(C(=O)C(F)(F)F)O1.CCO[C@H]1C[C@](CC(=O)O)(C(=O)OC(C)(C)C)N(C(=O)C(F)(F)F)O1. The third-order valence-corrected chi connectivity index (χ3v) is 6.24. The highest BCUT2D eigenvalue weighted by atomic mass is 19.4. The zero-order valence-corrected chi connectivity index (χ0v) is 28.4. The van der Waals surface area contributed by atoms with Gasteiger partial charge in [-0.15, -0.1) is 0 Å². The molecule has 50 heavy (non-hydrogen) atoms. The first kappa shape index (κ1) is 44.3. The number of carboxylic acids is 2. The monoisotopic (exact) mass is 742 g/mol. The highest BCUT2D eigenvalue weighted by Gasteiger charge is 2.64. The van der Waals surface area contributed by atoms with Crippen LogP contribution >= 0.6 is 0 Å². The fourth-order valence-electron chi connectivity index (χ4n) is 4.51. The number of carbonyl (C=O) groups excluding carboxylic acids is 4. The molecular formula is C28H40F6N2O14. The van der Waals surface area contributed by atoms with Gasteiger partial charge in [0, 0.05) is 26.1 Å². The minimum absolute atomic E-state index is 0.0101. The van der Waals surface area contributed by atoms with E-state index in [4.69, 9.17) is 38.8 Å². The Morgan fingerprint density at radius 2 is 0.920 bits per heavy atom. The first-order valence-corrected chi connectivity index (χ1v) is 14.8. The maximum absolute atomic E-state index is 12.9. The van der Waals surface area contributed by atoms with E-state index in [0.717, 1.165) is 0 Å². The van der Waals surface area contributed by atoms with Gasteiger partial charge in [0.15, 0.2) is 23.7 Å². The molecule has 4 atom stereocenters. The number of esters is 2. The second kappa shape index (κ2) is 16.1. The second-order valence-corrected chi connectivity index (χ2v) is 12.8. The smallest absolute Gasteiger partial charge is 0.473 e. The lowest BCUT2D eigenvalue weighted by molar-refractivity contribution is -0.269. The number of hydrogen-bond acceptors (Lipinski definition) is 12. The number of nitrogens with zero attached hydrogens (tertiary/aromatic N) is 2. The van der Waals surface area contributed by atoms with E-state index in [1.165, 1.54) is 55.4 Å². The minimum Gasteiger partial charge on any atom is -0.481 e. The molecule has 2 N–H and O–H groups in total. The molecule has 0 aromatic carbocycles. The van der Waals surface area contributed by atoms with Crippen molar-refractivity contribution in [2.75, 3.05) is 13.2 Å². The number of hydrogen-bond donors (Lipinski definition) is 2. The lowest BCUT2D eigenvalue weighted by Gasteiger charge is -2.34. The summed E-state index contributed by atoms with van der Waals surface area (Å²) in [6.45, 7) is 11.8. The van der Waals surface area contributed by atoms with Crippen LogP contribution in [0.3, 0.4) is 0 Å². The molecular weight excluding hydrogens is 702 g/mol. The molecule has 2 fully saturated rings. The molecule has 2 heterocycles. The lowest BCUT2D eigenvalue weighted by Crippen LogP contribution is -2.58. The summed E-state index contributed by atoms with van der Waals surface area (Å²) in [5, 5.41) is 17.6. The minimum atomic E-state index is -5.38. The Labute approximate surface area is 281 Å². The van der Waals surface area contributed by atoms with Crippen molar-refractivity contribution in [3.8, 4) is 0 Å². The molecule has 0 aromatic rings. The standard InChI is InChI=1S/2C14H20F3NO7/c2*1-5-23-9-7-13(6-8(19)20,11(22)24-12(2,3)4)18(25-9)10(21)14(15,16)17/h2*9H,5-7H2,1-4H3,(H,19,20)/t2*9-,13-/m11/s1. The summed E-state index contributed by atoms with van der Waals surface area (Å²) in [6.07, 6.45) is -17.0. The van der Waals surface area contributed by atoms with Crippen LogP contribution in [0, 0.1) is 0 Å². The van der Waals surface area contributed by atoms with E-state index in [9.17, 15) is 55.1 Å². The number of carboxylic acid groups (broad SMARTS) is 2. The van der Waals surface area contributed by atoms with Crippen molar-refractivity contribution < 1.29 is 93.9 Å². The number of amides is 2. The van der Waals surface area contributed by atoms with Crippen molar-refractivity contribution in [3.05, 3.63) is 0 Å². The van der Waals surface area contributed by atoms with Crippen LogP contribution in [0.25, 0.3) is 0 Å². The zero-order valence-electron chi connectivity index (χ0n) is 28.4. The molecule has 2 aliphatic rings. The molecule has 2 amide bonds. The molecule has 0 bridgehead atoms. The summed E-state index contributed by atoms with van der Waals surface area (Å²) in [6, 6.07) is 0. The number of carbonyl (C=O) groups is 6. The summed E-state index contributed by atoms with van der Waals surface area (Å²) in [7, 11) is 0. The van der Waals surface area contributed by atoms with Crippen LogP contribution in [-0.4, -0.2) is 116 Å². The summed E-state index contributed by atoms with van der Waals surface area (Å²) in [4.78, 5) is 80.5. The lowest BCUT2D eigenvalue weighted by atomic mass is 9.90. The third kappa shape index (κ3) is 11.7. The Morgan fingerprint density at radius 3 is 1.12 bits per heavy atom. The fourth-order valence-corrected chi connectivity index (χ4v) is 4.51. The highest BCUT2D eigenvalue weighted by Crippen LogP contribution is 2.41. The van der Waals surface area contributed by atoms with Crippen LogP contribution in [-0.2, 0) is 57.4 Å². The fraction of sp³-hybridized carbons (Fsp3) is 0.786. The molecule has 22 heteroatoms. The second-order valence-electron chi connectivity index (χ2n) is 12.8. The largest absolute Gasteiger partial charge is 0.481 e. The van der Waals surface area contributed by atoms with E-state index in [0.29, 0.717) is 0 Å². The van der Waals surface area contributed by atoms with E-state index in [-0.39, 0.29) is 23.3 Å². The van der Waals surface area contributed by atoms with Gasteiger partial charge in [-0.25, -0.2) is 19.3 Å². The van der Waals surface area contributed by atoms with Crippen molar-refractivity contribution in [3.63, 3.8) is 0 Å². The van der Waals surface area contributed by atoms with Gasteiger partial charge in [0.25, 0.3) is 0 Å². The Hall–Kier alpha value is -3.76. The van der Waals surface area contributed by atoms with E-state index in [1.54, 1.807) is 0 Å². The topological polar surface area (TPSA) is 205 Å². The number of halogens is 6. The number of hydroxylamine groups is 4. The Morgan fingerprint density at radius 1 is 0.640 bits per heavy atom. The number of rotatable bonds is 10. The number of ether oxygens (including phenoxy) is 4. The van der Waals surface area contributed by atoms with Gasteiger partial charge in [-0.05, 0) is 55.4 Å². The molecule has 2 aliphatic heterocycles. The van der Waals surface area contributed by atoms with Crippen LogP contribution in [0.4, 0.5) is 26.3 Å². The molecule has 288 valence electrons. The zero-order chi connectivity index (χ0) is 39.3. The van der Waals surface area contributed by atoms with Crippen molar-refractivity contribution >= 4 is 35.7 Å². The van der Waals surface area contributed by atoms with Crippen LogP contribution in [0.2, 0.25) is 0 Å². The Bertz CT molecular complexity index is 1180. The predicted octanol–water partition coefficient (Wildman–Crippen LogP) is 3.26. The van der Waals surface area contributed by atoms with Gasteiger partial charge < -0.3 is 29.2 Å². The maximum Gasteiger partial charge on any atom is 0.473 e. The molecule has 0 saturated carbocycles. The average Bonchev–Trinajstić information content (AvgIpc) is 3.44. The van der Waals surface area contributed by atoms with Crippen LogP contribution in [0.5, 0.6) is 0 Å². The van der Waals surface area contributed by atoms with Crippen molar-refractivity contribution in [2.45, 2.75) is 128 Å². The molecule has 0 aliphatic carbocycles. The molecule has 0 aromatic heterocycles. The van der Waals surface area contributed by atoms with Crippen molar-refractivity contribution in [2.24, 2.45) is 0 Å². The molecule has 0 unspecified atom stereocenters. The van der Waals surface area contributed by atoms with Crippen LogP contribution < -0.4 is 0 Å². The normalized spacial score (nSPS) is 24.3. The van der Waals surface area contributed by atoms with Gasteiger partial charge in [-0.1, -0.05) is 0 Å². The van der Waals surface area contributed by atoms with Gasteiger partial charge in [-0.3, -0.25) is 19.2 Å². The first-order valence-electron chi connectivity index (χ1n) is 14.8. The van der Waals surface area contributed by atoms with E-state index < -0.39 is 109 Å². The highest BCUT2D eigenvalue weighted by molar-refractivity contribution is 5.94. The van der Waals surface area contributed by atoms with Crippen molar-refractivity contribution in [1.29, 1.82) is 0 Å². The summed E-state index contributed by atoms with van der Waals surface area (Å²) in [5.74, 6) is -10.9. The van der Waals surface area contributed by atoms with E-state index >= 15 is 0 Å². The average molecular weight is 743 g/mol. The van der Waals surface area contributed by atoms with Gasteiger partial charge in [0.2, 0.25) is 0 Å².